The second-order valence-corrected chi connectivity index (χ2v) is 8.96. The molecular formula is C26H40O4. The van der Waals surface area contributed by atoms with E-state index < -0.39 is 0 Å². The fraction of sp³-hybridized carbons (Fsp3) is 0.654. The molecule has 1 aliphatic rings. The molecule has 1 aromatic carbocycles. The van der Waals surface area contributed by atoms with Gasteiger partial charge in [0.15, 0.2) is 0 Å². The number of esters is 1. The molecule has 0 aromatic heterocycles. The Morgan fingerprint density at radius 1 is 1.17 bits per heavy atom. The number of aryl methyl sites for hydroxylation is 1. The van der Waals surface area contributed by atoms with Crippen molar-refractivity contribution in [2.75, 3.05) is 0 Å². The molecule has 0 unspecified atom stereocenters. The molecule has 0 aliphatic heterocycles. The summed E-state index contributed by atoms with van der Waals surface area (Å²) in [4.78, 5) is 11.5. The van der Waals surface area contributed by atoms with Crippen molar-refractivity contribution in [3.63, 3.8) is 0 Å². The van der Waals surface area contributed by atoms with E-state index in [-0.39, 0.29) is 30.2 Å². The highest BCUT2D eigenvalue weighted by atomic mass is 16.5. The molecule has 0 spiro atoms. The first kappa shape index (κ1) is 24.6. The molecule has 0 bridgehead atoms. The van der Waals surface area contributed by atoms with Gasteiger partial charge in [-0.3, -0.25) is 4.79 Å². The number of aliphatic hydroxyl groups is 2. The van der Waals surface area contributed by atoms with Crippen molar-refractivity contribution in [1.82, 2.24) is 0 Å². The zero-order valence-electron chi connectivity index (χ0n) is 18.7. The Balaban J connectivity index is 1.64. The van der Waals surface area contributed by atoms with Gasteiger partial charge < -0.3 is 14.9 Å². The van der Waals surface area contributed by atoms with E-state index >= 15 is 0 Å². The van der Waals surface area contributed by atoms with Gasteiger partial charge >= 0.3 is 5.97 Å². The summed E-state index contributed by atoms with van der Waals surface area (Å²) in [6.07, 6.45) is 12.1. The monoisotopic (exact) mass is 416 g/mol. The molecule has 1 aliphatic carbocycles. The van der Waals surface area contributed by atoms with E-state index in [9.17, 15) is 15.0 Å². The van der Waals surface area contributed by atoms with Gasteiger partial charge in [-0.05, 0) is 89.0 Å². The van der Waals surface area contributed by atoms with Crippen molar-refractivity contribution >= 4 is 5.97 Å². The first-order chi connectivity index (χ1) is 14.5. The lowest BCUT2D eigenvalue weighted by atomic mass is 9.86. The molecule has 2 N–H and O–H groups in total. The molecule has 0 radical (unpaired) electrons. The highest BCUT2D eigenvalue weighted by molar-refractivity contribution is 5.69. The number of ether oxygens (including phenoxy) is 1. The predicted octanol–water partition coefficient (Wildman–Crippen LogP) is 5.22. The number of carbonyl (C=O) groups is 1. The standard InChI is InChI=1S/C26H40O4/c1-20(2)30-26(29)13-9-4-3-8-12-24-22(16-19-25(24)28)15-18-23(27)17-14-21-10-6-5-7-11-21/h3,5-8,10-11,20,22-25,27-28H,4,9,12-19H2,1-2H3/b8-3-/t22-,23-,24+,25-/m0/s1. The van der Waals surface area contributed by atoms with Gasteiger partial charge in [-0.15, -0.1) is 0 Å². The smallest absolute Gasteiger partial charge is 0.306 e. The number of benzene rings is 1. The van der Waals surface area contributed by atoms with Crippen LogP contribution in [0.1, 0.15) is 77.2 Å². The van der Waals surface area contributed by atoms with Crippen molar-refractivity contribution in [3.05, 3.63) is 48.0 Å². The number of carbonyl (C=O) groups excluding carboxylic acids is 1. The lowest BCUT2D eigenvalue weighted by Gasteiger charge is -2.22. The van der Waals surface area contributed by atoms with Crippen LogP contribution in [-0.4, -0.2) is 34.5 Å². The van der Waals surface area contributed by atoms with Crippen LogP contribution in [0.15, 0.2) is 42.5 Å². The van der Waals surface area contributed by atoms with Gasteiger partial charge in [-0.2, -0.15) is 0 Å². The Morgan fingerprint density at radius 3 is 2.67 bits per heavy atom. The molecule has 1 fully saturated rings. The Kier molecular flexibility index (Phi) is 11.2. The Morgan fingerprint density at radius 2 is 1.93 bits per heavy atom. The van der Waals surface area contributed by atoms with E-state index in [1.807, 2.05) is 32.0 Å². The van der Waals surface area contributed by atoms with E-state index in [4.69, 9.17) is 4.74 Å². The normalized spacial score (nSPS) is 22.6. The van der Waals surface area contributed by atoms with Crippen molar-refractivity contribution in [2.24, 2.45) is 11.8 Å². The minimum absolute atomic E-state index is 0.0503. The Bertz CT molecular complexity index is 625. The second kappa shape index (κ2) is 13.6. The van der Waals surface area contributed by atoms with E-state index in [2.05, 4.69) is 24.3 Å². The van der Waals surface area contributed by atoms with Gasteiger partial charge in [0, 0.05) is 6.42 Å². The molecule has 0 heterocycles. The average molecular weight is 417 g/mol. The Labute approximate surface area is 182 Å². The largest absolute Gasteiger partial charge is 0.463 e. The maximum Gasteiger partial charge on any atom is 0.306 e. The van der Waals surface area contributed by atoms with Gasteiger partial charge in [-0.25, -0.2) is 0 Å². The molecule has 4 heteroatoms. The highest BCUT2D eigenvalue weighted by Gasteiger charge is 2.33. The molecule has 30 heavy (non-hydrogen) atoms. The molecule has 4 nitrogen and oxygen atoms in total. The van der Waals surface area contributed by atoms with Gasteiger partial charge in [-0.1, -0.05) is 42.5 Å². The summed E-state index contributed by atoms with van der Waals surface area (Å²) in [5.74, 6) is 0.640. The second-order valence-electron chi connectivity index (χ2n) is 8.96. The Hall–Kier alpha value is -1.65. The summed E-state index contributed by atoms with van der Waals surface area (Å²) in [7, 11) is 0. The number of hydrogen-bond donors (Lipinski definition) is 2. The van der Waals surface area contributed by atoms with Crippen molar-refractivity contribution in [3.8, 4) is 0 Å². The first-order valence-corrected chi connectivity index (χ1v) is 11.7. The minimum atomic E-state index is -0.273. The third-order valence-electron chi connectivity index (χ3n) is 6.11. The quantitative estimate of drug-likeness (QED) is 0.263. The lowest BCUT2D eigenvalue weighted by molar-refractivity contribution is -0.147. The fourth-order valence-electron chi connectivity index (χ4n) is 4.42. The zero-order valence-corrected chi connectivity index (χ0v) is 18.7. The molecule has 0 amide bonds. The van der Waals surface area contributed by atoms with Crippen molar-refractivity contribution in [2.45, 2.75) is 96.4 Å². The molecule has 2 rings (SSSR count). The molecule has 168 valence electrons. The average Bonchev–Trinajstić information content (AvgIpc) is 3.07. The number of unbranched alkanes of at least 4 members (excludes halogenated alkanes) is 1. The van der Waals surface area contributed by atoms with Crippen LogP contribution in [0.3, 0.4) is 0 Å². The van der Waals surface area contributed by atoms with Crippen LogP contribution < -0.4 is 0 Å². The molecule has 1 saturated carbocycles. The third kappa shape index (κ3) is 9.44. The van der Waals surface area contributed by atoms with Crippen LogP contribution in [0, 0.1) is 11.8 Å². The van der Waals surface area contributed by atoms with E-state index in [0.29, 0.717) is 12.3 Å². The van der Waals surface area contributed by atoms with E-state index in [1.165, 1.54) is 5.56 Å². The maximum absolute atomic E-state index is 11.5. The van der Waals surface area contributed by atoms with Crippen molar-refractivity contribution < 1.29 is 19.7 Å². The first-order valence-electron chi connectivity index (χ1n) is 11.7. The topological polar surface area (TPSA) is 66.8 Å². The van der Waals surface area contributed by atoms with E-state index in [1.54, 1.807) is 0 Å². The zero-order chi connectivity index (χ0) is 21.8. The summed E-state index contributed by atoms with van der Waals surface area (Å²) in [6.45, 7) is 3.73. The minimum Gasteiger partial charge on any atom is -0.463 e. The lowest BCUT2D eigenvalue weighted by Crippen LogP contribution is -2.20. The fourth-order valence-corrected chi connectivity index (χ4v) is 4.42. The summed E-state index contributed by atoms with van der Waals surface area (Å²) in [5.41, 5.74) is 1.27. The summed E-state index contributed by atoms with van der Waals surface area (Å²) in [6, 6.07) is 10.3. The van der Waals surface area contributed by atoms with Crippen molar-refractivity contribution in [1.29, 1.82) is 0 Å². The predicted molar refractivity (Wildman–Crippen MR) is 121 cm³/mol. The van der Waals surface area contributed by atoms with Crippen LogP contribution in [0.5, 0.6) is 0 Å². The number of aliphatic hydroxyl groups excluding tert-OH is 2. The van der Waals surface area contributed by atoms with E-state index in [0.717, 1.165) is 57.8 Å². The van der Waals surface area contributed by atoms with Crippen LogP contribution in [0.4, 0.5) is 0 Å². The van der Waals surface area contributed by atoms with Crippen LogP contribution in [-0.2, 0) is 16.0 Å². The highest BCUT2D eigenvalue weighted by Crippen LogP contribution is 2.38. The van der Waals surface area contributed by atoms with Gasteiger partial charge in [0.25, 0.3) is 0 Å². The molecule has 1 aromatic rings. The van der Waals surface area contributed by atoms with Gasteiger partial charge in [0.1, 0.15) is 0 Å². The summed E-state index contributed by atoms with van der Waals surface area (Å²) in [5, 5.41) is 20.8. The van der Waals surface area contributed by atoms with Gasteiger partial charge in [0.05, 0.1) is 18.3 Å². The third-order valence-corrected chi connectivity index (χ3v) is 6.11. The molecule has 0 saturated heterocycles. The van der Waals surface area contributed by atoms with Crippen LogP contribution >= 0.6 is 0 Å². The van der Waals surface area contributed by atoms with Crippen LogP contribution in [0.2, 0.25) is 0 Å². The number of rotatable bonds is 13. The number of allylic oxidation sites excluding steroid dienone is 2. The SMILES string of the molecule is CC(C)OC(=O)CCC/C=C\C[C@@H]1[C@@H](CC[C@@H](O)CCc2ccccc2)CC[C@@H]1O. The maximum atomic E-state index is 11.5. The number of hydrogen-bond acceptors (Lipinski definition) is 4. The molecular weight excluding hydrogens is 376 g/mol. The van der Waals surface area contributed by atoms with Crippen LogP contribution in [0.25, 0.3) is 0 Å². The van der Waals surface area contributed by atoms with Gasteiger partial charge in [0.2, 0.25) is 0 Å². The molecule has 4 atom stereocenters. The summed E-state index contributed by atoms with van der Waals surface area (Å²) >= 11 is 0. The summed E-state index contributed by atoms with van der Waals surface area (Å²) < 4.78 is 5.14.